The van der Waals surface area contributed by atoms with Crippen LogP contribution in [0.15, 0.2) is 41.7 Å². The van der Waals surface area contributed by atoms with E-state index in [4.69, 9.17) is 23.2 Å². The lowest BCUT2D eigenvalue weighted by atomic mass is 10.2. The quantitative estimate of drug-likeness (QED) is 0.781. The van der Waals surface area contributed by atoms with Gasteiger partial charge in [-0.25, -0.2) is 17.7 Å². The lowest BCUT2D eigenvalue weighted by Gasteiger charge is -2.17. The van der Waals surface area contributed by atoms with E-state index < -0.39 is 10.0 Å². The van der Waals surface area contributed by atoms with Gasteiger partial charge < -0.3 is 0 Å². The number of hydrogen-bond acceptors (Lipinski definition) is 4. The Balaban J connectivity index is 2.13. The van der Waals surface area contributed by atoms with E-state index in [0.717, 1.165) is 5.56 Å². The number of aromatic nitrogens is 2. The zero-order valence-electron chi connectivity index (χ0n) is 11.2. The van der Waals surface area contributed by atoms with E-state index >= 15 is 0 Å². The minimum Gasteiger partial charge on any atom is -0.265 e. The number of sulfonamides is 1. The van der Waals surface area contributed by atoms with Gasteiger partial charge in [0.1, 0.15) is 10.0 Å². The molecule has 0 N–H and O–H groups in total. The van der Waals surface area contributed by atoms with Crippen LogP contribution in [-0.2, 0) is 16.4 Å². The molecule has 0 atom stereocenters. The lowest BCUT2D eigenvalue weighted by molar-refractivity contribution is 0.472. The first-order chi connectivity index (χ1) is 9.91. The van der Waals surface area contributed by atoms with Gasteiger partial charge in [0.05, 0.1) is 5.02 Å². The van der Waals surface area contributed by atoms with Crippen molar-refractivity contribution in [1.82, 2.24) is 14.3 Å². The topological polar surface area (TPSA) is 63.2 Å². The molecule has 0 aliphatic carbocycles. The van der Waals surface area contributed by atoms with Crippen LogP contribution in [0.25, 0.3) is 0 Å². The molecule has 21 heavy (non-hydrogen) atoms. The van der Waals surface area contributed by atoms with E-state index in [1.54, 1.807) is 12.4 Å². The second kappa shape index (κ2) is 6.70. The summed E-state index contributed by atoms with van der Waals surface area (Å²) < 4.78 is 26.0. The van der Waals surface area contributed by atoms with Crippen LogP contribution < -0.4 is 0 Å². The molecule has 0 spiro atoms. The van der Waals surface area contributed by atoms with Crippen LogP contribution in [0.2, 0.25) is 10.2 Å². The molecular weight excluding hydrogens is 333 g/mol. The first-order valence-electron chi connectivity index (χ1n) is 6.07. The average molecular weight is 346 g/mol. The summed E-state index contributed by atoms with van der Waals surface area (Å²) in [5.74, 6) is 0. The minimum atomic E-state index is -3.64. The molecule has 0 saturated heterocycles. The number of halogens is 2. The van der Waals surface area contributed by atoms with Gasteiger partial charge in [0.2, 0.25) is 10.0 Å². The Morgan fingerprint density at radius 1 is 1.24 bits per heavy atom. The molecule has 8 heteroatoms. The maximum absolute atomic E-state index is 12.4. The highest BCUT2D eigenvalue weighted by Gasteiger charge is 2.22. The highest BCUT2D eigenvalue weighted by molar-refractivity contribution is 7.89. The molecule has 0 unspecified atom stereocenters. The summed E-state index contributed by atoms with van der Waals surface area (Å²) in [4.78, 5) is 7.71. The van der Waals surface area contributed by atoms with Gasteiger partial charge >= 0.3 is 0 Å². The average Bonchev–Trinajstić information content (AvgIpc) is 2.48. The van der Waals surface area contributed by atoms with E-state index in [0.29, 0.717) is 13.0 Å². The van der Waals surface area contributed by atoms with Crippen molar-refractivity contribution in [2.24, 2.45) is 0 Å². The first-order valence-corrected chi connectivity index (χ1v) is 8.27. The van der Waals surface area contributed by atoms with E-state index in [1.165, 1.54) is 23.6 Å². The van der Waals surface area contributed by atoms with Crippen LogP contribution in [0.1, 0.15) is 5.56 Å². The normalized spacial score (nSPS) is 11.8. The van der Waals surface area contributed by atoms with Gasteiger partial charge in [-0.2, -0.15) is 0 Å². The fraction of sp³-hybridized carbons (Fsp3) is 0.231. The molecule has 0 fully saturated rings. The van der Waals surface area contributed by atoms with Crippen molar-refractivity contribution in [2.45, 2.75) is 11.3 Å². The Labute approximate surface area is 133 Å². The van der Waals surface area contributed by atoms with Gasteiger partial charge in [-0.1, -0.05) is 23.2 Å². The predicted molar refractivity (Wildman–Crippen MR) is 82.0 cm³/mol. The second-order valence-corrected chi connectivity index (χ2v) is 7.19. The van der Waals surface area contributed by atoms with Crippen LogP contribution in [-0.4, -0.2) is 36.3 Å². The van der Waals surface area contributed by atoms with E-state index in [-0.39, 0.29) is 15.1 Å². The largest absolute Gasteiger partial charge is 0.265 e. The number of likely N-dealkylation sites (N-methyl/N-ethyl adjacent to an activating group) is 1. The summed E-state index contributed by atoms with van der Waals surface area (Å²) in [5, 5.41) is 0.190. The molecular formula is C13H13Cl2N3O2S. The Hall–Kier alpha value is -1.21. The van der Waals surface area contributed by atoms with Crippen LogP contribution >= 0.6 is 23.2 Å². The molecule has 0 aliphatic heterocycles. The fourth-order valence-corrected chi connectivity index (χ4v) is 3.16. The Bertz CT molecular complexity index is 723. The van der Waals surface area contributed by atoms with Crippen LogP contribution in [0.3, 0.4) is 0 Å². The molecule has 0 aliphatic rings. The van der Waals surface area contributed by atoms with Gasteiger partial charge in [-0.3, -0.25) is 4.98 Å². The van der Waals surface area contributed by atoms with Gasteiger partial charge in [-0.05, 0) is 30.2 Å². The molecule has 0 aromatic carbocycles. The van der Waals surface area contributed by atoms with Crippen LogP contribution in [0.4, 0.5) is 0 Å². The van der Waals surface area contributed by atoms with E-state index in [2.05, 4.69) is 9.97 Å². The molecule has 112 valence electrons. The Kier molecular flexibility index (Phi) is 5.16. The minimum absolute atomic E-state index is 0.0223. The molecule has 2 aromatic heterocycles. The molecule has 2 rings (SSSR count). The highest BCUT2D eigenvalue weighted by atomic mass is 35.5. The molecule has 2 heterocycles. The smallest absolute Gasteiger partial charge is 0.244 e. The first kappa shape index (κ1) is 16.2. The lowest BCUT2D eigenvalue weighted by Crippen LogP contribution is -2.29. The van der Waals surface area contributed by atoms with E-state index in [9.17, 15) is 8.42 Å². The summed E-state index contributed by atoms with van der Waals surface area (Å²) in [5.41, 5.74) is 1.01. The van der Waals surface area contributed by atoms with Gasteiger partial charge in [0.15, 0.2) is 0 Å². The molecule has 0 amide bonds. The predicted octanol–water partition coefficient (Wildman–Crippen LogP) is 2.65. The van der Waals surface area contributed by atoms with Gasteiger partial charge in [0, 0.05) is 32.2 Å². The summed E-state index contributed by atoms with van der Waals surface area (Å²) in [6.45, 7) is 0.340. The summed E-state index contributed by atoms with van der Waals surface area (Å²) in [6, 6.07) is 5.00. The third kappa shape index (κ3) is 3.91. The molecule has 0 saturated carbocycles. The van der Waals surface area contributed by atoms with Crippen molar-refractivity contribution in [1.29, 1.82) is 0 Å². The number of nitrogens with zero attached hydrogens (tertiary/aromatic N) is 3. The monoisotopic (exact) mass is 345 g/mol. The Morgan fingerprint density at radius 2 is 1.90 bits per heavy atom. The van der Waals surface area contributed by atoms with Crippen LogP contribution in [0.5, 0.6) is 0 Å². The van der Waals surface area contributed by atoms with Crippen LogP contribution in [0, 0.1) is 0 Å². The Morgan fingerprint density at radius 3 is 2.52 bits per heavy atom. The van der Waals surface area contributed by atoms with Crippen molar-refractivity contribution in [3.8, 4) is 0 Å². The van der Waals surface area contributed by atoms with E-state index in [1.807, 2.05) is 12.1 Å². The molecule has 0 radical (unpaired) electrons. The maximum Gasteiger partial charge on any atom is 0.244 e. The summed E-state index contributed by atoms with van der Waals surface area (Å²) in [6.07, 6.45) is 5.14. The molecule has 0 bridgehead atoms. The zero-order chi connectivity index (χ0) is 15.5. The van der Waals surface area contributed by atoms with Crippen molar-refractivity contribution in [3.63, 3.8) is 0 Å². The van der Waals surface area contributed by atoms with Crippen molar-refractivity contribution in [2.75, 3.05) is 13.6 Å². The summed E-state index contributed by atoms with van der Waals surface area (Å²) >= 11 is 11.5. The number of hydrogen-bond donors (Lipinski definition) is 0. The van der Waals surface area contributed by atoms with Crippen molar-refractivity contribution in [3.05, 3.63) is 52.5 Å². The standard InChI is InChI=1S/C13H13Cl2N3O2S/c1-18(7-4-10-2-5-16-6-3-10)21(19,20)11-8-12(14)13(15)17-9-11/h2-3,5-6,8-9H,4,7H2,1H3. The maximum atomic E-state index is 12.4. The summed E-state index contributed by atoms with van der Waals surface area (Å²) in [7, 11) is -2.12. The fourth-order valence-electron chi connectivity index (χ4n) is 1.68. The second-order valence-electron chi connectivity index (χ2n) is 4.38. The SMILES string of the molecule is CN(CCc1ccncc1)S(=O)(=O)c1cnc(Cl)c(Cl)c1. The molecule has 2 aromatic rings. The van der Waals surface area contributed by atoms with Gasteiger partial charge in [-0.15, -0.1) is 0 Å². The number of pyridine rings is 2. The number of rotatable bonds is 5. The van der Waals surface area contributed by atoms with Crippen molar-refractivity contribution < 1.29 is 8.42 Å². The molecule has 5 nitrogen and oxygen atoms in total. The third-order valence-electron chi connectivity index (χ3n) is 2.94. The zero-order valence-corrected chi connectivity index (χ0v) is 13.5. The van der Waals surface area contributed by atoms with Gasteiger partial charge in [0.25, 0.3) is 0 Å². The van der Waals surface area contributed by atoms with Crippen molar-refractivity contribution >= 4 is 33.2 Å². The highest BCUT2D eigenvalue weighted by Crippen LogP contribution is 2.23. The third-order valence-corrected chi connectivity index (χ3v) is 5.45.